The standard InChI is InChI=1S/C62H117NO5/c1-3-5-7-9-11-13-15-17-19-20-21-22-23-24-25-26-27-28-29-30-34-38-42-46-50-54-60(65)59(58-64)63-61(66)55-51-47-43-39-35-32-33-37-41-45-49-53-57-68-62(67)56-52-48-44-40-36-31-18-16-14-12-10-8-6-4-2/h16,18,33,37,50,54,59-60,64-65H,3-15,17,19-32,34-36,38-49,51-53,55-58H2,1-2H3,(H,63,66)/b18-16-,37-33-,54-50+. The molecule has 0 fully saturated rings. The second-order valence-corrected chi connectivity index (χ2v) is 20.7. The average molecular weight is 957 g/mol. The summed E-state index contributed by atoms with van der Waals surface area (Å²) in [6.45, 7) is 4.85. The van der Waals surface area contributed by atoms with E-state index in [-0.39, 0.29) is 18.5 Å². The maximum absolute atomic E-state index is 12.5. The number of esters is 1. The summed E-state index contributed by atoms with van der Waals surface area (Å²) in [6.07, 6.45) is 71.8. The lowest BCUT2D eigenvalue weighted by atomic mass is 10.0. The third-order valence-corrected chi connectivity index (χ3v) is 13.9. The van der Waals surface area contributed by atoms with E-state index >= 15 is 0 Å². The van der Waals surface area contributed by atoms with E-state index in [1.807, 2.05) is 6.08 Å². The fraction of sp³-hybridized carbons (Fsp3) is 0.871. The second-order valence-electron chi connectivity index (χ2n) is 20.7. The Morgan fingerprint density at radius 1 is 0.397 bits per heavy atom. The summed E-state index contributed by atoms with van der Waals surface area (Å²) in [7, 11) is 0. The van der Waals surface area contributed by atoms with Crippen molar-refractivity contribution in [2.24, 2.45) is 0 Å². The largest absolute Gasteiger partial charge is 0.466 e. The number of carbonyl (C=O) groups excluding carboxylic acids is 2. The molecule has 0 bridgehead atoms. The van der Waals surface area contributed by atoms with E-state index in [1.54, 1.807) is 6.08 Å². The number of amides is 1. The van der Waals surface area contributed by atoms with Crippen LogP contribution in [0.25, 0.3) is 0 Å². The van der Waals surface area contributed by atoms with Crippen molar-refractivity contribution < 1.29 is 24.5 Å². The van der Waals surface area contributed by atoms with Gasteiger partial charge in [0.05, 0.1) is 25.4 Å². The number of ether oxygens (including phenoxy) is 1. The summed E-state index contributed by atoms with van der Waals surface area (Å²) >= 11 is 0. The topological polar surface area (TPSA) is 95.9 Å². The van der Waals surface area contributed by atoms with Gasteiger partial charge in [0.25, 0.3) is 0 Å². The molecule has 0 aromatic heterocycles. The SMILES string of the molecule is CCCCCCC/C=C\CCCCCCCC(=O)OCCCCC/C=C\CCCCCCCC(=O)NC(CO)C(O)/C=C/CCCCCCCCCCCCCCCCCCCCCCCCC. The van der Waals surface area contributed by atoms with Crippen molar-refractivity contribution in [1.82, 2.24) is 5.32 Å². The normalized spacial score (nSPS) is 12.8. The molecule has 0 saturated heterocycles. The van der Waals surface area contributed by atoms with Crippen LogP contribution in [0.15, 0.2) is 36.5 Å². The highest BCUT2D eigenvalue weighted by Gasteiger charge is 2.18. The molecule has 2 unspecified atom stereocenters. The number of carbonyl (C=O) groups is 2. The minimum atomic E-state index is -0.863. The van der Waals surface area contributed by atoms with Crippen molar-refractivity contribution >= 4 is 11.9 Å². The number of hydrogen-bond acceptors (Lipinski definition) is 5. The molecule has 0 aliphatic carbocycles. The van der Waals surface area contributed by atoms with Crippen molar-refractivity contribution in [3.63, 3.8) is 0 Å². The lowest BCUT2D eigenvalue weighted by Crippen LogP contribution is -2.45. The molecule has 0 radical (unpaired) electrons. The lowest BCUT2D eigenvalue weighted by Gasteiger charge is -2.20. The fourth-order valence-electron chi connectivity index (χ4n) is 9.21. The van der Waals surface area contributed by atoms with Crippen molar-refractivity contribution in [3.05, 3.63) is 36.5 Å². The Morgan fingerprint density at radius 2 is 0.691 bits per heavy atom. The number of nitrogens with one attached hydrogen (secondary N) is 1. The van der Waals surface area contributed by atoms with Crippen molar-refractivity contribution in [2.75, 3.05) is 13.2 Å². The molecule has 0 rings (SSSR count). The first kappa shape index (κ1) is 66.1. The highest BCUT2D eigenvalue weighted by molar-refractivity contribution is 5.76. The summed E-state index contributed by atoms with van der Waals surface area (Å²) in [5.74, 6) is -0.124. The lowest BCUT2D eigenvalue weighted by molar-refractivity contribution is -0.143. The molecule has 6 nitrogen and oxygen atoms in total. The van der Waals surface area contributed by atoms with Gasteiger partial charge in [0.15, 0.2) is 0 Å². The van der Waals surface area contributed by atoms with E-state index in [9.17, 15) is 19.8 Å². The van der Waals surface area contributed by atoms with Gasteiger partial charge in [-0.25, -0.2) is 0 Å². The molecule has 0 aromatic rings. The Labute approximate surface area is 424 Å². The van der Waals surface area contributed by atoms with Gasteiger partial charge in [0.2, 0.25) is 5.91 Å². The molecule has 0 heterocycles. The Kier molecular flexibility index (Phi) is 56.0. The number of aliphatic hydroxyl groups excluding tert-OH is 2. The smallest absolute Gasteiger partial charge is 0.305 e. The molecule has 0 aromatic carbocycles. The van der Waals surface area contributed by atoms with Crippen LogP contribution in [0.5, 0.6) is 0 Å². The summed E-state index contributed by atoms with van der Waals surface area (Å²) in [6, 6.07) is -0.649. The highest BCUT2D eigenvalue weighted by Crippen LogP contribution is 2.17. The van der Waals surface area contributed by atoms with Crippen LogP contribution >= 0.6 is 0 Å². The molecule has 6 heteroatoms. The fourth-order valence-corrected chi connectivity index (χ4v) is 9.21. The van der Waals surface area contributed by atoms with Gasteiger partial charge in [-0.15, -0.1) is 0 Å². The molecular formula is C62H117NO5. The van der Waals surface area contributed by atoms with Crippen LogP contribution in [0, 0.1) is 0 Å². The molecule has 3 N–H and O–H groups in total. The zero-order valence-corrected chi connectivity index (χ0v) is 45.6. The van der Waals surface area contributed by atoms with Crippen LogP contribution < -0.4 is 5.32 Å². The van der Waals surface area contributed by atoms with E-state index in [0.29, 0.717) is 19.4 Å². The summed E-state index contributed by atoms with van der Waals surface area (Å²) in [4.78, 5) is 24.5. The van der Waals surface area contributed by atoms with E-state index in [0.717, 1.165) is 83.5 Å². The van der Waals surface area contributed by atoms with Crippen LogP contribution in [0.1, 0.15) is 322 Å². The number of hydrogen-bond donors (Lipinski definition) is 3. The molecule has 68 heavy (non-hydrogen) atoms. The number of allylic oxidation sites excluding steroid dienone is 5. The van der Waals surface area contributed by atoms with Crippen LogP contribution in [0.4, 0.5) is 0 Å². The molecule has 1 amide bonds. The van der Waals surface area contributed by atoms with Crippen molar-refractivity contribution in [2.45, 2.75) is 334 Å². The molecule has 0 aliphatic heterocycles. The van der Waals surface area contributed by atoms with Crippen LogP contribution in [0.2, 0.25) is 0 Å². The molecule has 2 atom stereocenters. The van der Waals surface area contributed by atoms with Gasteiger partial charge in [-0.2, -0.15) is 0 Å². The van der Waals surface area contributed by atoms with E-state index < -0.39 is 12.1 Å². The van der Waals surface area contributed by atoms with Gasteiger partial charge in [0, 0.05) is 12.8 Å². The summed E-state index contributed by atoms with van der Waals surface area (Å²) in [5, 5.41) is 23.2. The maximum atomic E-state index is 12.5. The predicted octanol–water partition coefficient (Wildman–Crippen LogP) is 18.8. The Bertz CT molecular complexity index is 1100. The molecule has 0 spiro atoms. The van der Waals surface area contributed by atoms with E-state index in [2.05, 4.69) is 43.5 Å². The first-order chi connectivity index (χ1) is 33.5. The predicted molar refractivity (Wildman–Crippen MR) is 296 cm³/mol. The first-order valence-corrected chi connectivity index (χ1v) is 30.3. The average Bonchev–Trinajstić information content (AvgIpc) is 3.34. The summed E-state index contributed by atoms with van der Waals surface area (Å²) < 4.78 is 5.44. The first-order valence-electron chi connectivity index (χ1n) is 30.3. The van der Waals surface area contributed by atoms with Crippen LogP contribution in [0.3, 0.4) is 0 Å². The second kappa shape index (κ2) is 57.7. The van der Waals surface area contributed by atoms with Crippen LogP contribution in [-0.4, -0.2) is 47.4 Å². The van der Waals surface area contributed by atoms with E-state index in [4.69, 9.17) is 4.74 Å². The third-order valence-electron chi connectivity index (χ3n) is 13.9. The van der Waals surface area contributed by atoms with E-state index in [1.165, 1.54) is 212 Å². The number of aliphatic hydroxyl groups is 2. The highest BCUT2D eigenvalue weighted by atomic mass is 16.5. The monoisotopic (exact) mass is 956 g/mol. The van der Waals surface area contributed by atoms with Gasteiger partial charge >= 0.3 is 5.97 Å². The third kappa shape index (κ3) is 53.4. The van der Waals surface area contributed by atoms with Crippen molar-refractivity contribution in [3.8, 4) is 0 Å². The Hall–Kier alpha value is -1.92. The quantitative estimate of drug-likeness (QED) is 0.0321. The molecular weight excluding hydrogens is 839 g/mol. The zero-order chi connectivity index (χ0) is 49.3. The minimum Gasteiger partial charge on any atom is -0.466 e. The van der Waals surface area contributed by atoms with Gasteiger partial charge in [-0.05, 0) is 89.9 Å². The Balaban J connectivity index is 3.53. The maximum Gasteiger partial charge on any atom is 0.305 e. The van der Waals surface area contributed by atoms with Gasteiger partial charge in [0.1, 0.15) is 0 Å². The number of unbranched alkanes of at least 4 members (excludes halogenated alkanes) is 41. The number of rotatable bonds is 56. The van der Waals surface area contributed by atoms with Crippen molar-refractivity contribution in [1.29, 1.82) is 0 Å². The van der Waals surface area contributed by atoms with Gasteiger partial charge < -0.3 is 20.3 Å². The molecule has 400 valence electrons. The Morgan fingerprint density at radius 3 is 1.04 bits per heavy atom. The molecule has 0 aliphatic rings. The van der Waals surface area contributed by atoms with Gasteiger partial charge in [-0.3, -0.25) is 9.59 Å². The molecule has 0 saturated carbocycles. The van der Waals surface area contributed by atoms with Gasteiger partial charge in [-0.1, -0.05) is 256 Å². The summed E-state index contributed by atoms with van der Waals surface area (Å²) in [5.41, 5.74) is 0. The zero-order valence-electron chi connectivity index (χ0n) is 45.6. The van der Waals surface area contributed by atoms with Crippen LogP contribution in [-0.2, 0) is 14.3 Å². The minimum absolute atomic E-state index is 0.0325.